The van der Waals surface area contributed by atoms with Crippen molar-refractivity contribution in [2.45, 2.75) is 16.4 Å². The van der Waals surface area contributed by atoms with Crippen molar-refractivity contribution in [3.8, 4) is 10.6 Å². The van der Waals surface area contributed by atoms with Crippen LogP contribution in [0.4, 0.5) is 0 Å². The van der Waals surface area contributed by atoms with E-state index in [0.717, 1.165) is 64.0 Å². The van der Waals surface area contributed by atoms with Crippen LogP contribution >= 0.6 is 11.3 Å². The number of rotatable bonds is 4. The van der Waals surface area contributed by atoms with Gasteiger partial charge in [-0.1, -0.05) is 0 Å². The Balaban J connectivity index is 1.88. The van der Waals surface area contributed by atoms with E-state index in [4.69, 9.17) is 10.8 Å². The Bertz CT molecular complexity index is 1350. The molecule has 2 aromatic heterocycles. The van der Waals surface area contributed by atoms with Gasteiger partial charge in [0, 0.05) is 0 Å². The van der Waals surface area contributed by atoms with Gasteiger partial charge >= 0.3 is 202 Å². The summed E-state index contributed by atoms with van der Waals surface area (Å²) in [4.78, 5) is 5.55. The summed E-state index contributed by atoms with van der Waals surface area (Å²) in [5, 5.41) is 8.47. The minimum absolute atomic E-state index is 0.353. The van der Waals surface area contributed by atoms with Crippen LogP contribution in [-0.2, 0) is 3.10 Å². The van der Waals surface area contributed by atoms with E-state index in [2.05, 4.69) is 88.6 Å². The topological polar surface area (TPSA) is 56.7 Å². The number of nitrogens with zero attached hydrogens (tertiary/aromatic N) is 3. The first kappa shape index (κ1) is 20.4. The molecule has 2 N–H and O–H groups in total. The number of nitrogens with two attached hydrogens (primary N) is 1. The number of thiazole rings is 1. The first-order valence-corrected chi connectivity index (χ1v) is 12.9. The molecule has 1 aliphatic carbocycles. The van der Waals surface area contributed by atoms with Crippen LogP contribution in [0.15, 0.2) is 78.6 Å². The molecule has 1 aliphatic rings. The van der Waals surface area contributed by atoms with Gasteiger partial charge in [-0.15, -0.1) is 0 Å². The van der Waals surface area contributed by atoms with Crippen molar-refractivity contribution in [1.29, 1.82) is 0 Å². The van der Waals surface area contributed by atoms with E-state index in [0.29, 0.717) is 0 Å². The summed E-state index contributed by atoms with van der Waals surface area (Å²) in [5.41, 5.74) is 10.5. The van der Waals surface area contributed by atoms with E-state index in [1.807, 2.05) is 13.1 Å². The molecule has 2 aromatic carbocycles. The Morgan fingerprint density at radius 3 is 2.23 bits per heavy atom. The van der Waals surface area contributed by atoms with Crippen molar-refractivity contribution in [2.75, 3.05) is 0 Å². The van der Waals surface area contributed by atoms with E-state index >= 15 is 0 Å². The van der Waals surface area contributed by atoms with E-state index in [-0.39, 0.29) is 3.10 Å². The number of fused-ring (bicyclic) bond motifs is 1. The predicted octanol–water partition coefficient (Wildman–Crippen LogP) is 3.04. The number of aromatic nitrogens is 3. The summed E-state index contributed by atoms with van der Waals surface area (Å²) in [6.45, 7) is 2.03. The molecule has 4 aromatic rings. The summed E-state index contributed by atoms with van der Waals surface area (Å²) in [6.07, 6.45) is 9.07. The molecular weight excluding hydrogens is 596 g/mol. The molecule has 0 fully saturated rings. The van der Waals surface area contributed by atoms with Crippen molar-refractivity contribution < 1.29 is 0 Å². The van der Waals surface area contributed by atoms with Crippen molar-refractivity contribution >= 4 is 49.3 Å². The van der Waals surface area contributed by atoms with Crippen LogP contribution < -0.4 is 16.3 Å². The molecule has 0 unspecified atom stereocenters. The first-order valence-electron chi connectivity index (χ1n) is 10.1. The Labute approximate surface area is 201 Å². The predicted molar refractivity (Wildman–Crippen MR) is 128 cm³/mol. The third-order valence-electron chi connectivity index (χ3n) is 5.49. The number of allylic oxidation sites excluding steroid dienone is 2. The average Bonchev–Trinajstić information content (AvgIpc) is 3.32. The molecule has 0 bridgehead atoms. The molecule has 0 atom stereocenters. The average molecular weight is 617 g/mol. The Hall–Kier alpha value is -2.52. The quantitative estimate of drug-likeness (QED) is 0.359. The normalized spacial score (nSPS) is 13.5. The van der Waals surface area contributed by atoms with Gasteiger partial charge in [0.1, 0.15) is 0 Å². The Morgan fingerprint density at radius 2 is 1.65 bits per heavy atom. The van der Waals surface area contributed by atoms with Gasteiger partial charge in [-0.25, -0.2) is 0 Å². The molecule has 31 heavy (non-hydrogen) atoms. The van der Waals surface area contributed by atoms with Gasteiger partial charge < -0.3 is 0 Å². The molecule has 2 heterocycles. The van der Waals surface area contributed by atoms with E-state index in [1.165, 1.54) is 11.1 Å². The molecule has 0 spiro atoms. The van der Waals surface area contributed by atoms with Crippen LogP contribution in [0.1, 0.15) is 22.6 Å². The summed E-state index contributed by atoms with van der Waals surface area (Å²) >= 11 is 2.51. The Kier molecular flexibility index (Phi) is 5.39. The van der Waals surface area contributed by atoms with E-state index in [1.54, 1.807) is 11.3 Å². The Morgan fingerprint density at radius 1 is 1.00 bits per heavy atom. The minimum atomic E-state index is -0.353. The van der Waals surface area contributed by atoms with Gasteiger partial charge in [0.2, 0.25) is 0 Å². The fraction of sp³-hybridized carbons (Fsp3) is 0.120. The van der Waals surface area contributed by atoms with Crippen LogP contribution in [0.25, 0.3) is 22.7 Å². The van der Waals surface area contributed by atoms with Crippen molar-refractivity contribution in [3.05, 3.63) is 105 Å². The first-order chi connectivity index (χ1) is 15.1. The number of aryl methyl sites for hydroxylation is 1. The summed E-state index contributed by atoms with van der Waals surface area (Å²) in [7, 11) is 0. The fourth-order valence-electron chi connectivity index (χ4n) is 3.99. The maximum atomic E-state index is 6.29. The van der Waals surface area contributed by atoms with Gasteiger partial charge in [0.05, 0.1) is 0 Å². The molecule has 3 radical (unpaired) electrons. The molecule has 6 heteroatoms. The second-order valence-electron chi connectivity index (χ2n) is 7.53. The number of hydrogen-bond donors (Lipinski definition) is 1. The van der Waals surface area contributed by atoms with Gasteiger partial charge in [0.25, 0.3) is 0 Å². The fourth-order valence-corrected chi connectivity index (χ4v) is 6.73. The van der Waals surface area contributed by atoms with Gasteiger partial charge in [0.15, 0.2) is 0 Å². The van der Waals surface area contributed by atoms with Crippen molar-refractivity contribution in [2.24, 2.45) is 5.73 Å². The maximum absolute atomic E-state index is 6.29. The summed E-state index contributed by atoms with van der Waals surface area (Å²) in [5.74, 6) is 0. The third-order valence-corrected chi connectivity index (χ3v) is 9.48. The molecule has 0 amide bonds. The monoisotopic (exact) mass is 617 g/mol. The van der Waals surface area contributed by atoms with E-state index < -0.39 is 0 Å². The van der Waals surface area contributed by atoms with Gasteiger partial charge in [-0.2, -0.15) is 0 Å². The molecular formula is C25H21N4PbS. The second-order valence-corrected chi connectivity index (χ2v) is 11.6. The van der Waals surface area contributed by atoms with Crippen LogP contribution in [-0.4, -0.2) is 40.5 Å². The molecule has 0 aliphatic heterocycles. The van der Waals surface area contributed by atoms with Crippen LogP contribution in [0.3, 0.4) is 0 Å². The van der Waals surface area contributed by atoms with Crippen molar-refractivity contribution in [1.82, 2.24) is 14.8 Å². The number of hydrogen-bond acceptors (Lipinski definition) is 4. The molecule has 4 nitrogen and oxygen atoms in total. The van der Waals surface area contributed by atoms with Crippen LogP contribution in [0.2, 0.25) is 0 Å². The van der Waals surface area contributed by atoms with Crippen LogP contribution in [0.5, 0.6) is 0 Å². The molecule has 151 valence electrons. The zero-order valence-electron chi connectivity index (χ0n) is 17.1. The SMILES string of the molecule is Cc1ncc(-c2nn([C]([Pb])(c3ccccc3)c3ccccc3)c3c2=CC(N)=CCC=3)s1. The standard InChI is InChI=1S/C25H21N4S.Pb/c1-17-27-16-23(30-17)24-21-15-20(26)13-8-14-22(21)29(28-24)25(18-9-4-2-5-10-18)19-11-6-3-7-12-19;/h2-7,9-16H,8,26H2,1H3;. The van der Waals surface area contributed by atoms with Gasteiger partial charge in [-0.3, -0.25) is 0 Å². The zero-order valence-corrected chi connectivity index (χ0v) is 21.8. The molecule has 0 saturated carbocycles. The van der Waals surface area contributed by atoms with Crippen LogP contribution in [0, 0.1) is 6.92 Å². The second kappa shape index (κ2) is 8.20. The molecule has 0 saturated heterocycles. The third kappa shape index (κ3) is 3.59. The zero-order chi connectivity index (χ0) is 21.4. The summed E-state index contributed by atoms with van der Waals surface area (Å²) < 4.78 is 1.88. The number of benzene rings is 2. The van der Waals surface area contributed by atoms with Crippen molar-refractivity contribution in [3.63, 3.8) is 0 Å². The molecule has 5 rings (SSSR count). The van der Waals surface area contributed by atoms with E-state index in [9.17, 15) is 0 Å². The van der Waals surface area contributed by atoms with Gasteiger partial charge in [-0.05, 0) is 0 Å². The summed E-state index contributed by atoms with van der Waals surface area (Å²) in [6, 6.07) is 21.4.